The van der Waals surface area contributed by atoms with Gasteiger partial charge in [-0.3, -0.25) is 14.6 Å². The minimum Gasteiger partial charge on any atom is -0.489 e. The summed E-state index contributed by atoms with van der Waals surface area (Å²) in [7, 11) is 0. The number of amides is 2. The third-order valence-electron chi connectivity index (χ3n) is 5.65. The summed E-state index contributed by atoms with van der Waals surface area (Å²) in [6.45, 7) is 0.710. The van der Waals surface area contributed by atoms with E-state index in [4.69, 9.17) is 4.74 Å². The summed E-state index contributed by atoms with van der Waals surface area (Å²) < 4.78 is 45.1. The van der Waals surface area contributed by atoms with Crippen LogP contribution in [-0.4, -0.2) is 45.9 Å². The summed E-state index contributed by atoms with van der Waals surface area (Å²) in [5, 5.41) is 2.75. The lowest BCUT2D eigenvalue weighted by molar-refractivity contribution is -0.137. The van der Waals surface area contributed by atoms with Gasteiger partial charge < -0.3 is 15.0 Å². The first-order valence-electron chi connectivity index (χ1n) is 11.1. The maximum atomic E-state index is 13.1. The summed E-state index contributed by atoms with van der Waals surface area (Å²) in [4.78, 5) is 35.4. The van der Waals surface area contributed by atoms with E-state index < -0.39 is 23.6 Å². The second-order valence-electron chi connectivity index (χ2n) is 8.04. The van der Waals surface area contributed by atoms with Crippen LogP contribution in [0.1, 0.15) is 44.9 Å². The Labute approximate surface area is 200 Å². The third kappa shape index (κ3) is 5.95. The molecule has 1 aliphatic heterocycles. The van der Waals surface area contributed by atoms with Crippen molar-refractivity contribution in [1.29, 1.82) is 0 Å². The number of rotatable bonds is 7. The van der Waals surface area contributed by atoms with Crippen molar-refractivity contribution in [3.05, 3.63) is 89.5 Å². The van der Waals surface area contributed by atoms with Crippen LogP contribution < -0.4 is 10.1 Å². The van der Waals surface area contributed by atoms with Crippen LogP contribution in [0, 0.1) is 0 Å². The molecule has 1 N–H and O–H groups in total. The molecule has 0 unspecified atom stereocenters. The van der Waals surface area contributed by atoms with E-state index in [1.165, 1.54) is 23.2 Å². The van der Waals surface area contributed by atoms with E-state index in [0.29, 0.717) is 25.1 Å². The minimum absolute atomic E-state index is 0.0253. The Kier molecular flexibility index (Phi) is 7.28. The molecular weight excluding hydrogens is 461 g/mol. The lowest BCUT2D eigenvalue weighted by Gasteiger charge is -2.25. The number of carbonyl (C=O) groups is 2. The van der Waals surface area contributed by atoms with E-state index >= 15 is 0 Å². The Morgan fingerprint density at radius 3 is 2.66 bits per heavy atom. The highest BCUT2D eigenvalue weighted by Gasteiger charge is 2.34. The molecule has 0 spiro atoms. The second kappa shape index (κ2) is 10.5. The van der Waals surface area contributed by atoms with Gasteiger partial charge in [-0.2, -0.15) is 13.2 Å². The largest absolute Gasteiger partial charge is 0.489 e. The summed E-state index contributed by atoms with van der Waals surface area (Å²) in [5.41, 5.74) is -0.110. The minimum atomic E-state index is -4.53. The smallest absolute Gasteiger partial charge is 0.416 e. The highest BCUT2D eigenvalue weighted by molar-refractivity contribution is 5.95. The van der Waals surface area contributed by atoms with Gasteiger partial charge in [0, 0.05) is 24.5 Å². The van der Waals surface area contributed by atoms with Crippen LogP contribution in [0.2, 0.25) is 0 Å². The molecule has 35 heavy (non-hydrogen) atoms. The standard InChI is InChI=1S/C25H23F3N4O3/c26-25(27,28)18-7-3-6-17(14-18)24(34)32-13-5-9-20(32)16-35-21-10-4-12-30-22(21)23(33)31-15-19-8-1-2-11-29-19/h1-4,6-8,10-12,14,20H,5,9,13,15-16H2,(H,31,33)/t20-/m1/s1. The Morgan fingerprint density at radius 2 is 1.89 bits per heavy atom. The van der Waals surface area contributed by atoms with Crippen molar-refractivity contribution in [2.24, 2.45) is 0 Å². The predicted octanol–water partition coefficient (Wildman–Crippen LogP) is 4.11. The highest BCUT2D eigenvalue weighted by Crippen LogP contribution is 2.30. The number of carbonyl (C=O) groups excluding carboxylic acids is 2. The molecule has 3 aromatic rings. The summed E-state index contributed by atoms with van der Waals surface area (Å²) in [6, 6.07) is 12.7. The first kappa shape index (κ1) is 24.2. The van der Waals surface area contributed by atoms with Gasteiger partial charge in [-0.15, -0.1) is 0 Å². The second-order valence-corrected chi connectivity index (χ2v) is 8.04. The SMILES string of the molecule is O=C(NCc1ccccn1)c1ncccc1OC[C@H]1CCCN1C(=O)c1cccc(C(F)(F)F)c1. The molecule has 1 fully saturated rings. The fraction of sp³-hybridized carbons (Fsp3) is 0.280. The summed E-state index contributed by atoms with van der Waals surface area (Å²) in [5.74, 6) is -0.666. The van der Waals surface area contributed by atoms with E-state index in [1.54, 1.807) is 30.5 Å². The lowest BCUT2D eigenvalue weighted by Crippen LogP contribution is -2.39. The van der Waals surface area contributed by atoms with Crippen LogP contribution in [0.3, 0.4) is 0 Å². The first-order valence-corrected chi connectivity index (χ1v) is 11.1. The molecule has 2 aromatic heterocycles. The maximum absolute atomic E-state index is 13.1. The van der Waals surface area contributed by atoms with Gasteiger partial charge in [0.15, 0.2) is 11.4 Å². The van der Waals surface area contributed by atoms with Crippen molar-refractivity contribution in [3.8, 4) is 5.75 Å². The van der Waals surface area contributed by atoms with Crippen LogP contribution in [0.15, 0.2) is 67.0 Å². The van der Waals surface area contributed by atoms with Crippen LogP contribution in [-0.2, 0) is 12.7 Å². The van der Waals surface area contributed by atoms with E-state index in [1.807, 2.05) is 6.07 Å². The normalized spacial score (nSPS) is 15.6. The zero-order chi connectivity index (χ0) is 24.8. The average Bonchev–Trinajstić information content (AvgIpc) is 3.34. The highest BCUT2D eigenvalue weighted by atomic mass is 19.4. The molecule has 2 amide bonds. The molecule has 0 saturated carbocycles. The summed E-state index contributed by atoms with van der Waals surface area (Å²) in [6.07, 6.45) is -0.0978. The van der Waals surface area contributed by atoms with Crippen LogP contribution in [0.5, 0.6) is 5.75 Å². The molecular formula is C25H23F3N4O3. The van der Waals surface area contributed by atoms with Gasteiger partial charge in [0.25, 0.3) is 11.8 Å². The third-order valence-corrected chi connectivity index (χ3v) is 5.65. The van der Waals surface area contributed by atoms with Crippen LogP contribution in [0.25, 0.3) is 0 Å². The first-order chi connectivity index (χ1) is 16.8. The number of likely N-dealkylation sites (tertiary alicyclic amines) is 1. The molecule has 0 bridgehead atoms. The van der Waals surface area contributed by atoms with Crippen molar-refractivity contribution >= 4 is 11.8 Å². The van der Waals surface area contributed by atoms with E-state index in [2.05, 4.69) is 15.3 Å². The molecule has 7 nitrogen and oxygen atoms in total. The van der Waals surface area contributed by atoms with Gasteiger partial charge in [0.2, 0.25) is 0 Å². The Bertz CT molecular complexity index is 1190. The number of aromatic nitrogens is 2. The number of benzene rings is 1. The molecule has 1 saturated heterocycles. The molecule has 182 valence electrons. The van der Waals surface area contributed by atoms with Gasteiger partial charge in [-0.1, -0.05) is 12.1 Å². The van der Waals surface area contributed by atoms with Crippen molar-refractivity contribution in [3.63, 3.8) is 0 Å². The zero-order valence-electron chi connectivity index (χ0n) is 18.7. The number of hydrogen-bond acceptors (Lipinski definition) is 5. The van der Waals surface area contributed by atoms with Crippen molar-refractivity contribution in [2.45, 2.75) is 31.6 Å². The number of hydrogen-bond donors (Lipinski definition) is 1. The maximum Gasteiger partial charge on any atom is 0.416 e. The van der Waals surface area contributed by atoms with Crippen LogP contribution >= 0.6 is 0 Å². The van der Waals surface area contributed by atoms with Gasteiger partial charge in [-0.25, -0.2) is 4.98 Å². The van der Waals surface area contributed by atoms with Gasteiger partial charge >= 0.3 is 6.18 Å². The van der Waals surface area contributed by atoms with E-state index in [0.717, 1.165) is 12.1 Å². The molecule has 1 aromatic carbocycles. The molecule has 0 radical (unpaired) electrons. The molecule has 10 heteroatoms. The Morgan fingerprint density at radius 1 is 1.06 bits per heavy atom. The van der Waals surface area contributed by atoms with E-state index in [-0.39, 0.29) is 36.2 Å². The topological polar surface area (TPSA) is 84.4 Å². The van der Waals surface area contributed by atoms with Gasteiger partial charge in [0.05, 0.1) is 23.8 Å². The number of pyridine rings is 2. The molecule has 0 aliphatic carbocycles. The number of alkyl halides is 3. The lowest BCUT2D eigenvalue weighted by atomic mass is 10.1. The molecule has 1 atom stereocenters. The number of halogens is 3. The number of nitrogens with zero attached hydrogens (tertiary/aromatic N) is 3. The van der Waals surface area contributed by atoms with Gasteiger partial charge in [0.1, 0.15) is 6.61 Å². The average molecular weight is 484 g/mol. The molecule has 3 heterocycles. The van der Waals surface area contributed by atoms with Crippen LogP contribution in [0.4, 0.5) is 13.2 Å². The van der Waals surface area contributed by atoms with E-state index in [9.17, 15) is 22.8 Å². The summed E-state index contributed by atoms with van der Waals surface area (Å²) >= 11 is 0. The fourth-order valence-corrected chi connectivity index (χ4v) is 3.89. The Balaban J connectivity index is 1.41. The quantitative estimate of drug-likeness (QED) is 0.546. The molecule has 1 aliphatic rings. The van der Waals surface area contributed by atoms with Crippen molar-refractivity contribution in [1.82, 2.24) is 20.2 Å². The van der Waals surface area contributed by atoms with Crippen molar-refractivity contribution < 1.29 is 27.5 Å². The number of nitrogens with one attached hydrogen (secondary N) is 1. The van der Waals surface area contributed by atoms with Crippen molar-refractivity contribution in [2.75, 3.05) is 13.2 Å². The fourth-order valence-electron chi connectivity index (χ4n) is 3.89. The zero-order valence-corrected chi connectivity index (χ0v) is 18.7. The Hall–Kier alpha value is -3.95. The monoisotopic (exact) mass is 484 g/mol. The predicted molar refractivity (Wildman–Crippen MR) is 121 cm³/mol. The number of ether oxygens (including phenoxy) is 1. The van der Waals surface area contributed by atoms with Gasteiger partial charge in [-0.05, 0) is 55.3 Å². The molecule has 4 rings (SSSR count).